The SMILES string of the molecule is CCc1nc(-c2ccc(N3CCN(C(=O)c4ccc(NC(C)=O)cc4)CC3)cc2)no1. The molecule has 1 aromatic heterocycles. The topological polar surface area (TPSA) is 91.6 Å². The van der Waals surface area contributed by atoms with Crippen molar-refractivity contribution >= 4 is 23.2 Å². The van der Waals surface area contributed by atoms with Gasteiger partial charge in [-0.1, -0.05) is 12.1 Å². The van der Waals surface area contributed by atoms with Gasteiger partial charge in [0.25, 0.3) is 5.91 Å². The molecule has 0 aliphatic carbocycles. The van der Waals surface area contributed by atoms with Crippen molar-refractivity contribution in [1.82, 2.24) is 15.0 Å². The molecule has 160 valence electrons. The van der Waals surface area contributed by atoms with Gasteiger partial charge in [0.15, 0.2) is 0 Å². The standard InChI is InChI=1S/C23H25N5O3/c1-3-21-25-22(26-31-21)17-6-10-20(11-7-17)27-12-14-28(15-13-27)23(30)18-4-8-19(9-5-18)24-16(2)29/h4-11H,3,12-15H2,1-2H3,(H,24,29). The van der Waals surface area contributed by atoms with Crippen LogP contribution in [-0.4, -0.2) is 53.0 Å². The molecule has 0 atom stereocenters. The Morgan fingerprint density at radius 2 is 1.68 bits per heavy atom. The zero-order valence-corrected chi connectivity index (χ0v) is 17.7. The molecule has 8 nitrogen and oxygen atoms in total. The molecule has 31 heavy (non-hydrogen) atoms. The zero-order chi connectivity index (χ0) is 21.8. The van der Waals surface area contributed by atoms with E-state index in [0.29, 0.717) is 42.5 Å². The first kappa shape index (κ1) is 20.6. The average Bonchev–Trinajstić information content (AvgIpc) is 3.28. The van der Waals surface area contributed by atoms with E-state index in [4.69, 9.17) is 4.52 Å². The quantitative estimate of drug-likeness (QED) is 0.683. The number of piperazine rings is 1. The van der Waals surface area contributed by atoms with Gasteiger partial charge in [-0.3, -0.25) is 9.59 Å². The number of benzene rings is 2. The number of amides is 2. The Labute approximate surface area is 180 Å². The van der Waals surface area contributed by atoms with E-state index in [0.717, 1.165) is 24.3 Å². The number of rotatable bonds is 5. The fourth-order valence-electron chi connectivity index (χ4n) is 3.59. The van der Waals surface area contributed by atoms with Crippen LogP contribution in [0.4, 0.5) is 11.4 Å². The molecule has 2 aromatic carbocycles. The van der Waals surface area contributed by atoms with E-state index in [-0.39, 0.29) is 11.8 Å². The number of carbonyl (C=O) groups excluding carboxylic acids is 2. The molecule has 8 heteroatoms. The fraction of sp³-hybridized carbons (Fsp3) is 0.304. The van der Waals surface area contributed by atoms with Crippen LogP contribution in [0.1, 0.15) is 30.1 Å². The third-order valence-electron chi connectivity index (χ3n) is 5.28. The van der Waals surface area contributed by atoms with Crippen LogP contribution >= 0.6 is 0 Å². The van der Waals surface area contributed by atoms with Crippen LogP contribution in [0, 0.1) is 0 Å². The molecule has 1 fully saturated rings. The molecule has 0 bridgehead atoms. The van der Waals surface area contributed by atoms with Crippen molar-refractivity contribution in [1.29, 1.82) is 0 Å². The van der Waals surface area contributed by atoms with Crippen molar-refractivity contribution in [2.24, 2.45) is 0 Å². The summed E-state index contributed by atoms with van der Waals surface area (Å²) in [6.45, 7) is 6.26. The molecule has 0 unspecified atom stereocenters. The largest absolute Gasteiger partial charge is 0.368 e. The summed E-state index contributed by atoms with van der Waals surface area (Å²) in [6, 6.07) is 15.1. The molecule has 0 radical (unpaired) electrons. The Hall–Kier alpha value is -3.68. The molecule has 4 rings (SSSR count). The van der Waals surface area contributed by atoms with Crippen molar-refractivity contribution in [2.75, 3.05) is 36.4 Å². The molecule has 0 saturated carbocycles. The van der Waals surface area contributed by atoms with E-state index in [1.807, 2.05) is 24.0 Å². The Kier molecular flexibility index (Phi) is 5.97. The third-order valence-corrected chi connectivity index (χ3v) is 5.28. The molecule has 3 aromatic rings. The second kappa shape index (κ2) is 8.99. The minimum atomic E-state index is -0.133. The van der Waals surface area contributed by atoms with Crippen molar-refractivity contribution < 1.29 is 14.1 Å². The first-order valence-electron chi connectivity index (χ1n) is 10.4. The van der Waals surface area contributed by atoms with Crippen LogP contribution in [0.15, 0.2) is 53.1 Å². The number of aromatic nitrogens is 2. The van der Waals surface area contributed by atoms with Gasteiger partial charge in [-0.15, -0.1) is 0 Å². The summed E-state index contributed by atoms with van der Waals surface area (Å²) in [5, 5.41) is 6.72. The maximum Gasteiger partial charge on any atom is 0.253 e. The summed E-state index contributed by atoms with van der Waals surface area (Å²) in [4.78, 5) is 32.4. The Morgan fingerprint density at radius 3 is 2.26 bits per heavy atom. The number of nitrogens with zero attached hydrogens (tertiary/aromatic N) is 4. The maximum atomic E-state index is 12.8. The first-order chi connectivity index (χ1) is 15.0. The lowest BCUT2D eigenvalue weighted by molar-refractivity contribution is -0.114. The van der Waals surface area contributed by atoms with Crippen molar-refractivity contribution in [3.05, 3.63) is 60.0 Å². The van der Waals surface area contributed by atoms with Crippen LogP contribution in [0.3, 0.4) is 0 Å². The summed E-state index contributed by atoms with van der Waals surface area (Å²) < 4.78 is 5.18. The summed E-state index contributed by atoms with van der Waals surface area (Å²) in [5.41, 5.74) is 3.33. The number of hydrogen-bond acceptors (Lipinski definition) is 6. The van der Waals surface area contributed by atoms with Crippen LogP contribution in [0.2, 0.25) is 0 Å². The van der Waals surface area contributed by atoms with Crippen LogP contribution in [-0.2, 0) is 11.2 Å². The number of carbonyl (C=O) groups is 2. The molecule has 1 aliphatic rings. The lowest BCUT2D eigenvalue weighted by Gasteiger charge is -2.36. The predicted octanol–water partition coefficient (Wildman–Crippen LogP) is 3.22. The lowest BCUT2D eigenvalue weighted by Crippen LogP contribution is -2.48. The molecule has 0 spiro atoms. The molecule has 2 amide bonds. The lowest BCUT2D eigenvalue weighted by atomic mass is 10.1. The molecule has 1 N–H and O–H groups in total. The van der Waals surface area contributed by atoms with E-state index in [2.05, 4.69) is 32.5 Å². The van der Waals surface area contributed by atoms with Gasteiger partial charge in [0.05, 0.1) is 0 Å². The van der Waals surface area contributed by atoms with Crippen molar-refractivity contribution in [3.8, 4) is 11.4 Å². The number of aryl methyl sites for hydroxylation is 1. The summed E-state index contributed by atoms with van der Waals surface area (Å²) in [6.07, 6.45) is 0.716. The molecule has 1 aliphatic heterocycles. The van der Waals surface area contributed by atoms with E-state index in [1.54, 1.807) is 24.3 Å². The molecular formula is C23H25N5O3. The molecular weight excluding hydrogens is 394 g/mol. The second-order valence-corrected chi connectivity index (χ2v) is 7.45. The Balaban J connectivity index is 1.34. The minimum absolute atomic E-state index is 0.00760. The average molecular weight is 419 g/mol. The predicted molar refractivity (Wildman–Crippen MR) is 118 cm³/mol. The van der Waals surface area contributed by atoms with Gasteiger partial charge in [0, 0.05) is 62.0 Å². The maximum absolute atomic E-state index is 12.8. The van der Waals surface area contributed by atoms with Gasteiger partial charge in [-0.25, -0.2) is 0 Å². The molecule has 2 heterocycles. The first-order valence-corrected chi connectivity index (χ1v) is 10.4. The summed E-state index contributed by atoms with van der Waals surface area (Å²) >= 11 is 0. The second-order valence-electron chi connectivity index (χ2n) is 7.45. The zero-order valence-electron chi connectivity index (χ0n) is 17.7. The number of nitrogens with one attached hydrogen (secondary N) is 1. The highest BCUT2D eigenvalue weighted by molar-refractivity contribution is 5.95. The molecule has 1 saturated heterocycles. The Morgan fingerprint density at radius 1 is 1.00 bits per heavy atom. The smallest absolute Gasteiger partial charge is 0.253 e. The number of anilines is 2. The minimum Gasteiger partial charge on any atom is -0.368 e. The summed E-state index contributed by atoms with van der Waals surface area (Å²) in [7, 11) is 0. The van der Waals surface area contributed by atoms with E-state index in [9.17, 15) is 9.59 Å². The van der Waals surface area contributed by atoms with E-state index < -0.39 is 0 Å². The van der Waals surface area contributed by atoms with E-state index >= 15 is 0 Å². The van der Waals surface area contributed by atoms with E-state index in [1.165, 1.54) is 6.92 Å². The van der Waals surface area contributed by atoms with Gasteiger partial charge >= 0.3 is 0 Å². The van der Waals surface area contributed by atoms with Gasteiger partial charge in [-0.2, -0.15) is 4.98 Å². The number of hydrogen-bond donors (Lipinski definition) is 1. The van der Waals surface area contributed by atoms with Gasteiger partial charge in [0.2, 0.25) is 17.6 Å². The Bertz CT molecular complexity index is 1050. The van der Waals surface area contributed by atoms with Crippen molar-refractivity contribution in [3.63, 3.8) is 0 Å². The van der Waals surface area contributed by atoms with Gasteiger partial charge in [-0.05, 0) is 48.5 Å². The highest BCUT2D eigenvalue weighted by Gasteiger charge is 2.22. The van der Waals surface area contributed by atoms with Crippen LogP contribution in [0.25, 0.3) is 11.4 Å². The van der Waals surface area contributed by atoms with Gasteiger partial charge in [0.1, 0.15) is 0 Å². The highest BCUT2D eigenvalue weighted by Crippen LogP contribution is 2.23. The highest BCUT2D eigenvalue weighted by atomic mass is 16.5. The summed E-state index contributed by atoms with van der Waals surface area (Å²) in [5.74, 6) is 1.10. The fourth-order valence-corrected chi connectivity index (χ4v) is 3.59. The monoisotopic (exact) mass is 419 g/mol. The van der Waals surface area contributed by atoms with Gasteiger partial charge < -0.3 is 19.6 Å². The van der Waals surface area contributed by atoms with Crippen molar-refractivity contribution in [2.45, 2.75) is 20.3 Å². The van der Waals surface area contributed by atoms with Crippen LogP contribution in [0.5, 0.6) is 0 Å². The third kappa shape index (κ3) is 4.74. The normalized spacial score (nSPS) is 13.9. The van der Waals surface area contributed by atoms with Crippen LogP contribution < -0.4 is 10.2 Å².